The summed E-state index contributed by atoms with van der Waals surface area (Å²) in [6.07, 6.45) is 12.6. The third-order valence-corrected chi connectivity index (χ3v) is 5.93. The maximum Gasteiger partial charge on any atom is 0.193 e. The largest absolute Gasteiger partial charge is 0.356 e. The van der Waals surface area contributed by atoms with E-state index < -0.39 is 0 Å². The summed E-state index contributed by atoms with van der Waals surface area (Å²) in [5, 5.41) is 3.66. The summed E-state index contributed by atoms with van der Waals surface area (Å²) in [5.41, 5.74) is 0. The summed E-state index contributed by atoms with van der Waals surface area (Å²) in [5.74, 6) is 3.44. The van der Waals surface area contributed by atoms with Gasteiger partial charge in [0.15, 0.2) is 5.96 Å². The summed E-state index contributed by atoms with van der Waals surface area (Å²) in [4.78, 5) is 11.2. The Morgan fingerprint density at radius 2 is 2.17 bits per heavy atom. The van der Waals surface area contributed by atoms with Crippen molar-refractivity contribution in [3.05, 3.63) is 18.7 Å². The second-order valence-electron chi connectivity index (χ2n) is 7.86. The van der Waals surface area contributed by atoms with Crippen LogP contribution in [-0.2, 0) is 0 Å². The van der Waals surface area contributed by atoms with Crippen molar-refractivity contribution >= 4 is 5.96 Å². The molecule has 4 atom stereocenters. The molecule has 0 amide bonds. The number of nitrogens with zero attached hydrogens (tertiary/aromatic N) is 4. The SMILES string of the molecule is CN=C(NCC1CCCC(C)C1)N1CCC(C)C(n2ccnc2)C1. The number of hydrogen-bond donors (Lipinski definition) is 1. The first-order valence-electron chi connectivity index (χ1n) is 9.60. The zero-order chi connectivity index (χ0) is 16.9. The minimum Gasteiger partial charge on any atom is -0.356 e. The summed E-state index contributed by atoms with van der Waals surface area (Å²) >= 11 is 0. The highest BCUT2D eigenvalue weighted by atomic mass is 15.3. The van der Waals surface area contributed by atoms with E-state index in [0.29, 0.717) is 12.0 Å². The van der Waals surface area contributed by atoms with Crippen molar-refractivity contribution in [2.24, 2.45) is 22.7 Å². The lowest BCUT2D eigenvalue weighted by Gasteiger charge is -2.39. The summed E-state index contributed by atoms with van der Waals surface area (Å²) in [7, 11) is 1.91. The predicted molar refractivity (Wildman–Crippen MR) is 99.1 cm³/mol. The molecule has 134 valence electrons. The fourth-order valence-corrected chi connectivity index (χ4v) is 4.41. The standard InChI is InChI=1S/C19H33N5/c1-15-5-4-6-17(11-15)12-22-19(20-3)23-9-7-16(2)18(13-23)24-10-8-21-14-24/h8,10,14-18H,4-7,9,11-13H2,1-3H3,(H,20,22). The first-order chi connectivity index (χ1) is 11.7. The minimum atomic E-state index is 0.481. The second-order valence-corrected chi connectivity index (χ2v) is 7.86. The third-order valence-electron chi connectivity index (χ3n) is 5.93. The Balaban J connectivity index is 1.57. The smallest absolute Gasteiger partial charge is 0.193 e. The molecule has 1 saturated heterocycles. The normalized spacial score (nSPS) is 32.0. The molecule has 5 nitrogen and oxygen atoms in total. The van der Waals surface area contributed by atoms with Crippen LogP contribution in [0.15, 0.2) is 23.7 Å². The number of aliphatic imine (C=N–C) groups is 1. The third kappa shape index (κ3) is 4.11. The Hall–Kier alpha value is -1.52. The molecular weight excluding hydrogens is 298 g/mol. The van der Waals surface area contributed by atoms with Crippen LogP contribution in [0.2, 0.25) is 0 Å². The molecule has 1 saturated carbocycles. The quantitative estimate of drug-likeness (QED) is 0.683. The van der Waals surface area contributed by atoms with Gasteiger partial charge < -0.3 is 14.8 Å². The van der Waals surface area contributed by atoms with Crippen LogP contribution >= 0.6 is 0 Å². The predicted octanol–water partition coefficient (Wildman–Crippen LogP) is 3.17. The van der Waals surface area contributed by atoms with Gasteiger partial charge in [-0.05, 0) is 37.0 Å². The minimum absolute atomic E-state index is 0.481. The Labute approximate surface area is 146 Å². The van der Waals surface area contributed by atoms with E-state index in [1.54, 1.807) is 0 Å². The van der Waals surface area contributed by atoms with Crippen molar-refractivity contribution in [2.75, 3.05) is 26.7 Å². The Morgan fingerprint density at radius 3 is 2.88 bits per heavy atom. The maximum absolute atomic E-state index is 4.56. The van der Waals surface area contributed by atoms with Crippen molar-refractivity contribution in [1.29, 1.82) is 0 Å². The van der Waals surface area contributed by atoms with Crippen LogP contribution in [0.25, 0.3) is 0 Å². The van der Waals surface area contributed by atoms with Gasteiger partial charge in [-0.1, -0.05) is 26.7 Å². The highest BCUT2D eigenvalue weighted by molar-refractivity contribution is 5.80. The van der Waals surface area contributed by atoms with Crippen molar-refractivity contribution in [1.82, 2.24) is 19.8 Å². The van der Waals surface area contributed by atoms with Gasteiger partial charge in [0.1, 0.15) is 0 Å². The molecule has 24 heavy (non-hydrogen) atoms. The van der Waals surface area contributed by atoms with E-state index >= 15 is 0 Å². The second kappa shape index (κ2) is 8.04. The number of piperidine rings is 1. The van der Waals surface area contributed by atoms with Crippen LogP contribution in [0.1, 0.15) is 52.0 Å². The molecule has 2 heterocycles. The van der Waals surface area contributed by atoms with Gasteiger partial charge in [-0.25, -0.2) is 4.98 Å². The number of hydrogen-bond acceptors (Lipinski definition) is 2. The molecule has 0 bridgehead atoms. The van der Waals surface area contributed by atoms with Gasteiger partial charge in [0.25, 0.3) is 0 Å². The summed E-state index contributed by atoms with van der Waals surface area (Å²) < 4.78 is 2.26. The highest BCUT2D eigenvalue weighted by Crippen LogP contribution is 2.29. The van der Waals surface area contributed by atoms with E-state index in [9.17, 15) is 0 Å². The zero-order valence-electron chi connectivity index (χ0n) is 15.5. The molecule has 5 heteroatoms. The van der Waals surface area contributed by atoms with Gasteiger partial charge in [-0.3, -0.25) is 4.99 Å². The number of aromatic nitrogens is 2. The maximum atomic E-state index is 4.56. The first-order valence-corrected chi connectivity index (χ1v) is 9.60. The lowest BCUT2D eigenvalue weighted by molar-refractivity contribution is 0.187. The molecule has 1 aromatic rings. The molecule has 0 aromatic carbocycles. The molecule has 1 N–H and O–H groups in total. The fourth-order valence-electron chi connectivity index (χ4n) is 4.41. The number of likely N-dealkylation sites (tertiary alicyclic amines) is 1. The van der Waals surface area contributed by atoms with E-state index in [-0.39, 0.29) is 0 Å². The number of nitrogens with one attached hydrogen (secondary N) is 1. The van der Waals surface area contributed by atoms with Crippen molar-refractivity contribution in [2.45, 2.75) is 52.0 Å². The highest BCUT2D eigenvalue weighted by Gasteiger charge is 2.29. The Kier molecular flexibility index (Phi) is 5.80. The molecule has 1 aromatic heterocycles. The van der Waals surface area contributed by atoms with Gasteiger partial charge in [-0.2, -0.15) is 0 Å². The van der Waals surface area contributed by atoms with Gasteiger partial charge in [-0.15, -0.1) is 0 Å². The zero-order valence-corrected chi connectivity index (χ0v) is 15.5. The Morgan fingerprint density at radius 1 is 1.29 bits per heavy atom. The molecule has 1 aliphatic carbocycles. The van der Waals surface area contributed by atoms with Crippen LogP contribution in [0, 0.1) is 17.8 Å². The van der Waals surface area contributed by atoms with E-state index in [1.165, 1.54) is 32.1 Å². The molecule has 0 radical (unpaired) electrons. The molecule has 0 spiro atoms. The first kappa shape index (κ1) is 17.3. The van der Waals surface area contributed by atoms with Crippen LogP contribution in [0.3, 0.4) is 0 Å². The van der Waals surface area contributed by atoms with E-state index in [2.05, 4.69) is 44.8 Å². The molecule has 4 unspecified atom stereocenters. The molecule has 3 rings (SSSR count). The van der Waals surface area contributed by atoms with Gasteiger partial charge in [0.05, 0.1) is 12.4 Å². The number of imidazole rings is 1. The molecular formula is C19H33N5. The van der Waals surface area contributed by atoms with E-state index in [0.717, 1.165) is 37.4 Å². The van der Waals surface area contributed by atoms with E-state index in [4.69, 9.17) is 0 Å². The number of guanidine groups is 1. The van der Waals surface area contributed by atoms with Gasteiger partial charge in [0, 0.05) is 39.1 Å². The molecule has 2 aliphatic rings. The van der Waals surface area contributed by atoms with Crippen molar-refractivity contribution < 1.29 is 0 Å². The average molecular weight is 332 g/mol. The molecule has 1 aliphatic heterocycles. The van der Waals surface area contributed by atoms with Crippen molar-refractivity contribution in [3.8, 4) is 0 Å². The fraction of sp³-hybridized carbons (Fsp3) is 0.789. The average Bonchev–Trinajstić information content (AvgIpc) is 3.11. The Bertz CT molecular complexity index is 524. The lowest BCUT2D eigenvalue weighted by Crippen LogP contribution is -2.49. The lowest BCUT2D eigenvalue weighted by atomic mass is 9.82. The van der Waals surface area contributed by atoms with Crippen molar-refractivity contribution in [3.63, 3.8) is 0 Å². The monoisotopic (exact) mass is 331 g/mol. The van der Waals surface area contributed by atoms with E-state index in [1.807, 2.05) is 19.6 Å². The topological polar surface area (TPSA) is 45.5 Å². The van der Waals surface area contributed by atoms with Crippen LogP contribution in [0.5, 0.6) is 0 Å². The van der Waals surface area contributed by atoms with Crippen LogP contribution < -0.4 is 5.32 Å². The summed E-state index contributed by atoms with van der Waals surface area (Å²) in [6.45, 7) is 7.91. The van der Waals surface area contributed by atoms with Gasteiger partial charge >= 0.3 is 0 Å². The van der Waals surface area contributed by atoms with Crippen LogP contribution in [0.4, 0.5) is 0 Å². The number of rotatable bonds is 3. The summed E-state index contributed by atoms with van der Waals surface area (Å²) in [6, 6.07) is 0.481. The molecule has 2 fully saturated rings. The van der Waals surface area contributed by atoms with Gasteiger partial charge in [0.2, 0.25) is 0 Å². The van der Waals surface area contributed by atoms with Crippen LogP contribution in [-0.4, -0.2) is 47.1 Å².